The van der Waals surface area contributed by atoms with Gasteiger partial charge in [-0.1, -0.05) is 0 Å². The van der Waals surface area contributed by atoms with Gasteiger partial charge in [0.05, 0.1) is 26.2 Å². The van der Waals surface area contributed by atoms with Gasteiger partial charge < -0.3 is 19.4 Å². The smallest absolute Gasteiger partial charge is 0.349 e. The van der Waals surface area contributed by atoms with Crippen molar-refractivity contribution in [1.82, 2.24) is 18.7 Å². The summed E-state index contributed by atoms with van der Waals surface area (Å²) in [6, 6.07) is 0. The summed E-state index contributed by atoms with van der Waals surface area (Å²) in [5.41, 5.74) is -0.993. The molecule has 0 saturated carbocycles. The molecule has 0 spiro atoms. The Kier molecular flexibility index (Phi) is 5.56. The molecular formula is C17H17N5O7S. The Morgan fingerprint density at radius 1 is 1.10 bits per heavy atom. The molecule has 158 valence electrons. The van der Waals surface area contributed by atoms with E-state index in [1.807, 2.05) is 0 Å². The minimum Gasteiger partial charge on any atom is -0.465 e. The number of anilines is 1. The van der Waals surface area contributed by atoms with E-state index < -0.39 is 29.1 Å². The number of nitrogens with zero attached hydrogens (tertiary/aromatic N) is 4. The van der Waals surface area contributed by atoms with Gasteiger partial charge in [-0.2, -0.15) is 0 Å². The number of hydrogen-bond acceptors (Lipinski definition) is 9. The normalized spacial score (nSPS) is 10.8. The number of fused-ring (bicyclic) bond motifs is 1. The molecule has 3 aromatic rings. The molecule has 1 amide bonds. The van der Waals surface area contributed by atoms with Crippen LogP contribution in [-0.4, -0.2) is 50.8 Å². The van der Waals surface area contributed by atoms with E-state index in [0.29, 0.717) is 0 Å². The molecule has 12 nitrogen and oxygen atoms in total. The van der Waals surface area contributed by atoms with Crippen LogP contribution in [0.3, 0.4) is 0 Å². The van der Waals surface area contributed by atoms with E-state index in [2.05, 4.69) is 19.8 Å². The average molecular weight is 435 g/mol. The molecule has 0 aliphatic heterocycles. The minimum absolute atomic E-state index is 0.0170. The van der Waals surface area contributed by atoms with Crippen LogP contribution < -0.4 is 16.6 Å². The van der Waals surface area contributed by atoms with Gasteiger partial charge in [-0.3, -0.25) is 18.7 Å². The molecule has 0 fully saturated rings. The van der Waals surface area contributed by atoms with Gasteiger partial charge in [-0.05, 0) is 0 Å². The fraction of sp³-hybridized carbons (Fsp3) is 0.294. The number of rotatable bonds is 5. The summed E-state index contributed by atoms with van der Waals surface area (Å²) in [6.45, 7) is -0.325. The van der Waals surface area contributed by atoms with Crippen LogP contribution in [0.5, 0.6) is 0 Å². The van der Waals surface area contributed by atoms with E-state index in [1.54, 1.807) is 0 Å². The number of thiophene rings is 1. The van der Waals surface area contributed by atoms with Crippen molar-refractivity contribution in [1.29, 1.82) is 0 Å². The van der Waals surface area contributed by atoms with Crippen LogP contribution in [-0.2, 0) is 34.9 Å². The highest BCUT2D eigenvalue weighted by atomic mass is 32.1. The van der Waals surface area contributed by atoms with Crippen LogP contribution in [0, 0.1) is 0 Å². The summed E-state index contributed by atoms with van der Waals surface area (Å²) >= 11 is 0.912. The van der Waals surface area contributed by atoms with Crippen molar-refractivity contribution in [3.8, 4) is 0 Å². The van der Waals surface area contributed by atoms with E-state index >= 15 is 0 Å². The number of hydrogen-bond donors (Lipinski definition) is 1. The third-order valence-electron chi connectivity index (χ3n) is 4.36. The van der Waals surface area contributed by atoms with Crippen molar-refractivity contribution >= 4 is 46.0 Å². The highest BCUT2D eigenvalue weighted by Gasteiger charge is 2.26. The molecule has 0 aliphatic rings. The second kappa shape index (κ2) is 7.94. The first-order valence-corrected chi connectivity index (χ1v) is 9.28. The van der Waals surface area contributed by atoms with Crippen LogP contribution in [0.15, 0.2) is 21.3 Å². The van der Waals surface area contributed by atoms with Crippen molar-refractivity contribution in [3.05, 3.63) is 43.0 Å². The minimum atomic E-state index is -0.816. The first-order chi connectivity index (χ1) is 14.2. The highest BCUT2D eigenvalue weighted by Crippen LogP contribution is 2.29. The van der Waals surface area contributed by atoms with Crippen LogP contribution in [0.2, 0.25) is 0 Å². The van der Waals surface area contributed by atoms with Crippen molar-refractivity contribution in [2.24, 2.45) is 14.1 Å². The van der Waals surface area contributed by atoms with E-state index in [0.717, 1.165) is 23.0 Å². The lowest BCUT2D eigenvalue weighted by Crippen LogP contribution is -2.37. The van der Waals surface area contributed by atoms with Gasteiger partial charge in [-0.15, -0.1) is 11.3 Å². The van der Waals surface area contributed by atoms with E-state index in [1.165, 1.54) is 42.0 Å². The van der Waals surface area contributed by atoms with Gasteiger partial charge in [0, 0.05) is 19.5 Å². The number of methoxy groups -OCH3 is 2. The summed E-state index contributed by atoms with van der Waals surface area (Å²) in [7, 11) is 5.09. The van der Waals surface area contributed by atoms with Gasteiger partial charge in [0.1, 0.15) is 17.0 Å². The Bertz CT molecular complexity index is 1300. The van der Waals surface area contributed by atoms with E-state index in [-0.39, 0.29) is 33.8 Å². The van der Waals surface area contributed by atoms with Crippen LogP contribution in [0.1, 0.15) is 20.0 Å². The summed E-state index contributed by atoms with van der Waals surface area (Å²) in [4.78, 5) is 65.0. The molecule has 0 unspecified atom stereocenters. The molecule has 0 bridgehead atoms. The highest BCUT2D eigenvalue weighted by molar-refractivity contribution is 7.13. The first-order valence-electron chi connectivity index (χ1n) is 8.40. The predicted molar refractivity (Wildman–Crippen MR) is 106 cm³/mol. The van der Waals surface area contributed by atoms with Gasteiger partial charge >= 0.3 is 17.6 Å². The summed E-state index contributed by atoms with van der Waals surface area (Å²) < 4.78 is 12.7. The number of aromatic nitrogens is 4. The van der Waals surface area contributed by atoms with Crippen LogP contribution >= 0.6 is 11.3 Å². The van der Waals surface area contributed by atoms with Gasteiger partial charge in [0.2, 0.25) is 5.91 Å². The van der Waals surface area contributed by atoms with Gasteiger partial charge in [0.15, 0.2) is 11.2 Å². The summed E-state index contributed by atoms with van der Waals surface area (Å²) in [6.07, 6.45) is 1.26. The SMILES string of the molecule is COC(=O)c1scc(NC(=O)Cn2cnc3c2c(=O)n(C)c(=O)n3C)c1C(=O)OC. The number of carbonyl (C=O) groups excluding carboxylic acids is 3. The van der Waals surface area contributed by atoms with Crippen molar-refractivity contribution in [2.75, 3.05) is 19.5 Å². The molecule has 3 aromatic heterocycles. The molecule has 3 rings (SSSR count). The maximum absolute atomic E-state index is 12.6. The lowest BCUT2D eigenvalue weighted by atomic mass is 10.2. The first kappa shape index (κ1) is 21.0. The van der Waals surface area contributed by atoms with Gasteiger partial charge in [0.25, 0.3) is 5.56 Å². The standard InChI is InChI=1S/C17H17N5O7S/c1-20-13-11(14(24)21(2)17(20)27)22(7-18-13)5-9(23)19-8-6-30-12(16(26)29-4)10(8)15(25)28-3/h6-7H,5H2,1-4H3,(H,19,23). The zero-order chi connectivity index (χ0) is 22.2. The number of ether oxygens (including phenoxy) is 2. The maximum atomic E-state index is 12.6. The van der Waals surface area contributed by atoms with Gasteiger partial charge in [-0.25, -0.2) is 19.4 Å². The molecule has 13 heteroatoms. The van der Waals surface area contributed by atoms with Crippen molar-refractivity contribution < 1.29 is 23.9 Å². The lowest BCUT2D eigenvalue weighted by Gasteiger charge is -2.09. The Morgan fingerprint density at radius 2 is 1.77 bits per heavy atom. The Balaban J connectivity index is 1.95. The predicted octanol–water partition coefficient (Wildman–Crippen LogP) is -0.293. The van der Waals surface area contributed by atoms with E-state index in [4.69, 9.17) is 0 Å². The molecule has 1 N–H and O–H groups in total. The average Bonchev–Trinajstić information content (AvgIpc) is 3.34. The number of carbonyl (C=O) groups is 3. The number of nitrogens with one attached hydrogen (secondary N) is 1. The zero-order valence-corrected chi connectivity index (χ0v) is 17.2. The number of amides is 1. The lowest BCUT2D eigenvalue weighted by molar-refractivity contribution is -0.116. The topological polar surface area (TPSA) is 144 Å². The fourth-order valence-corrected chi connectivity index (χ4v) is 3.76. The molecule has 0 saturated heterocycles. The summed E-state index contributed by atoms with van der Waals surface area (Å²) in [5.74, 6) is -2.15. The maximum Gasteiger partial charge on any atom is 0.349 e. The van der Waals surface area contributed by atoms with E-state index in [9.17, 15) is 24.0 Å². The monoisotopic (exact) mass is 435 g/mol. The molecule has 0 radical (unpaired) electrons. The van der Waals surface area contributed by atoms with Crippen molar-refractivity contribution in [3.63, 3.8) is 0 Å². The zero-order valence-electron chi connectivity index (χ0n) is 16.4. The molecule has 3 heterocycles. The number of aryl methyl sites for hydroxylation is 1. The Labute approximate surface area is 172 Å². The third kappa shape index (κ3) is 3.39. The molecular weight excluding hydrogens is 418 g/mol. The number of imidazole rings is 1. The molecule has 0 aromatic carbocycles. The third-order valence-corrected chi connectivity index (χ3v) is 5.32. The van der Waals surface area contributed by atoms with Crippen molar-refractivity contribution in [2.45, 2.75) is 6.54 Å². The molecule has 30 heavy (non-hydrogen) atoms. The fourth-order valence-electron chi connectivity index (χ4n) is 2.86. The number of esters is 2. The molecule has 0 aliphatic carbocycles. The largest absolute Gasteiger partial charge is 0.465 e. The molecule has 0 atom stereocenters. The van der Waals surface area contributed by atoms with Crippen LogP contribution in [0.25, 0.3) is 11.2 Å². The Morgan fingerprint density at radius 3 is 2.40 bits per heavy atom. The second-order valence-electron chi connectivity index (χ2n) is 6.14. The second-order valence-corrected chi connectivity index (χ2v) is 7.01. The Hall–Kier alpha value is -3.74. The summed E-state index contributed by atoms with van der Waals surface area (Å²) in [5, 5.41) is 3.93. The van der Waals surface area contributed by atoms with Crippen LogP contribution in [0.4, 0.5) is 5.69 Å². The quantitative estimate of drug-likeness (QED) is 0.539.